The summed E-state index contributed by atoms with van der Waals surface area (Å²) in [6.07, 6.45) is 2.27. The van der Waals surface area contributed by atoms with Crippen LogP contribution in [0.5, 0.6) is 0 Å². The van der Waals surface area contributed by atoms with Gasteiger partial charge in [0.2, 0.25) is 15.9 Å². The molecule has 0 saturated carbocycles. The Hall–Kier alpha value is -1.67. The van der Waals surface area contributed by atoms with E-state index in [9.17, 15) is 18.0 Å². The third-order valence-corrected chi connectivity index (χ3v) is 5.15. The molecule has 1 amide bonds. The van der Waals surface area contributed by atoms with E-state index in [0.29, 0.717) is 24.9 Å². The Kier molecular flexibility index (Phi) is 4.72. The highest BCUT2D eigenvalue weighted by Gasteiger charge is 2.36. The zero-order valence-corrected chi connectivity index (χ0v) is 13.8. The molecule has 1 aliphatic rings. The quantitative estimate of drug-likeness (QED) is 0.815. The molecular weight excluding hydrogens is 306 g/mol. The number of sulfonamides is 1. The number of amides is 1. The van der Waals surface area contributed by atoms with E-state index in [0.717, 1.165) is 17.5 Å². The van der Waals surface area contributed by atoms with Crippen LogP contribution in [0.15, 0.2) is 10.9 Å². The normalized spacial score (nSPS) is 19.3. The zero-order valence-electron chi connectivity index (χ0n) is 13.0. The summed E-state index contributed by atoms with van der Waals surface area (Å²) in [7, 11) is -3.40. The van der Waals surface area contributed by atoms with Crippen molar-refractivity contribution in [2.45, 2.75) is 39.3 Å². The Balaban J connectivity index is 2.09. The Labute approximate surface area is 129 Å². The van der Waals surface area contributed by atoms with E-state index < -0.39 is 16.1 Å². The highest BCUT2D eigenvalue weighted by molar-refractivity contribution is 7.88. The molecule has 2 rings (SSSR count). The smallest absolute Gasteiger partial charge is 0.253 e. The summed E-state index contributed by atoms with van der Waals surface area (Å²) in [4.78, 5) is 26.8. The minimum absolute atomic E-state index is 0.0916. The lowest BCUT2D eigenvalue weighted by molar-refractivity contribution is -0.124. The monoisotopic (exact) mass is 327 g/mol. The van der Waals surface area contributed by atoms with Crippen LogP contribution in [0.2, 0.25) is 0 Å². The number of aryl methyl sites for hydroxylation is 2. The summed E-state index contributed by atoms with van der Waals surface area (Å²) < 4.78 is 24.5. The predicted molar refractivity (Wildman–Crippen MR) is 83.0 cm³/mol. The van der Waals surface area contributed by atoms with Crippen LogP contribution in [0, 0.1) is 13.8 Å². The molecule has 7 nitrogen and oxygen atoms in total. The molecular formula is C14H21N3O4S. The maximum atomic E-state index is 12.2. The molecule has 0 aliphatic carbocycles. The number of pyridine rings is 1. The fraction of sp³-hybridized carbons (Fsp3) is 0.571. The fourth-order valence-corrected chi connectivity index (χ4v) is 3.92. The summed E-state index contributed by atoms with van der Waals surface area (Å²) >= 11 is 0. The second kappa shape index (κ2) is 6.21. The van der Waals surface area contributed by atoms with Crippen LogP contribution in [0.25, 0.3) is 0 Å². The van der Waals surface area contributed by atoms with Crippen molar-refractivity contribution in [1.29, 1.82) is 0 Å². The van der Waals surface area contributed by atoms with Gasteiger partial charge in [-0.3, -0.25) is 9.59 Å². The molecule has 0 radical (unpaired) electrons. The Morgan fingerprint density at radius 1 is 1.45 bits per heavy atom. The number of aromatic amines is 1. The molecule has 2 heterocycles. The standard InChI is InChI=1S/C14H21N3O4S/c1-9-7-10(2)16-13(18)11(9)8-15-14(19)12-5-4-6-17(12)22(3,20)21/h7,12H,4-6,8H2,1-3H3,(H,15,19)(H,16,18)/t12-/m1/s1. The van der Waals surface area contributed by atoms with Crippen molar-refractivity contribution < 1.29 is 13.2 Å². The molecule has 0 spiro atoms. The number of aromatic nitrogens is 1. The minimum Gasteiger partial charge on any atom is -0.350 e. The Morgan fingerprint density at radius 3 is 2.73 bits per heavy atom. The van der Waals surface area contributed by atoms with Crippen molar-refractivity contribution in [2.24, 2.45) is 0 Å². The zero-order chi connectivity index (χ0) is 16.5. The molecule has 1 aromatic heterocycles. The van der Waals surface area contributed by atoms with E-state index >= 15 is 0 Å². The second-order valence-corrected chi connectivity index (χ2v) is 7.63. The third-order valence-electron chi connectivity index (χ3n) is 3.87. The van der Waals surface area contributed by atoms with Gasteiger partial charge in [-0.15, -0.1) is 0 Å². The van der Waals surface area contributed by atoms with E-state index in [1.54, 1.807) is 6.92 Å². The lowest BCUT2D eigenvalue weighted by Gasteiger charge is -2.21. The summed E-state index contributed by atoms with van der Waals surface area (Å²) in [6, 6.07) is 1.15. The molecule has 122 valence electrons. The van der Waals surface area contributed by atoms with Gasteiger partial charge in [-0.05, 0) is 38.3 Å². The van der Waals surface area contributed by atoms with Crippen molar-refractivity contribution >= 4 is 15.9 Å². The maximum absolute atomic E-state index is 12.2. The summed E-state index contributed by atoms with van der Waals surface area (Å²) in [5.74, 6) is -0.359. The van der Waals surface area contributed by atoms with E-state index in [1.165, 1.54) is 4.31 Å². The maximum Gasteiger partial charge on any atom is 0.253 e. The van der Waals surface area contributed by atoms with Crippen LogP contribution in [0.4, 0.5) is 0 Å². The molecule has 0 unspecified atom stereocenters. The van der Waals surface area contributed by atoms with Gasteiger partial charge in [0.25, 0.3) is 5.56 Å². The molecule has 2 N–H and O–H groups in total. The van der Waals surface area contributed by atoms with Gasteiger partial charge in [0.1, 0.15) is 6.04 Å². The molecule has 0 bridgehead atoms. The summed E-state index contributed by atoms with van der Waals surface area (Å²) in [6.45, 7) is 4.05. The van der Waals surface area contributed by atoms with Gasteiger partial charge in [0.05, 0.1) is 6.26 Å². The molecule has 1 aliphatic heterocycles. The molecule has 1 saturated heterocycles. The number of carbonyl (C=O) groups is 1. The first kappa shape index (κ1) is 16.7. The highest BCUT2D eigenvalue weighted by Crippen LogP contribution is 2.20. The number of carbonyl (C=O) groups excluding carboxylic acids is 1. The number of nitrogens with one attached hydrogen (secondary N) is 2. The van der Waals surface area contributed by atoms with Crippen LogP contribution >= 0.6 is 0 Å². The average Bonchev–Trinajstić information content (AvgIpc) is 2.86. The van der Waals surface area contributed by atoms with Crippen molar-refractivity contribution in [2.75, 3.05) is 12.8 Å². The number of H-pyrrole nitrogens is 1. The topological polar surface area (TPSA) is 99.3 Å². The predicted octanol–water partition coefficient (Wildman–Crippen LogP) is 0.0319. The summed E-state index contributed by atoms with van der Waals surface area (Å²) in [5, 5.41) is 2.68. The van der Waals surface area contributed by atoms with Crippen molar-refractivity contribution in [3.63, 3.8) is 0 Å². The molecule has 22 heavy (non-hydrogen) atoms. The van der Waals surface area contributed by atoms with E-state index in [2.05, 4.69) is 10.3 Å². The highest BCUT2D eigenvalue weighted by atomic mass is 32.2. The van der Waals surface area contributed by atoms with Gasteiger partial charge >= 0.3 is 0 Å². The van der Waals surface area contributed by atoms with Gasteiger partial charge in [0, 0.05) is 24.3 Å². The first-order valence-corrected chi connectivity index (χ1v) is 8.99. The first-order chi connectivity index (χ1) is 10.2. The molecule has 1 fully saturated rings. The van der Waals surface area contributed by atoms with Crippen molar-refractivity contribution in [3.8, 4) is 0 Å². The molecule has 0 aromatic carbocycles. The van der Waals surface area contributed by atoms with Crippen molar-refractivity contribution in [1.82, 2.24) is 14.6 Å². The van der Waals surface area contributed by atoms with E-state index in [1.807, 2.05) is 13.0 Å². The second-order valence-electron chi connectivity index (χ2n) is 5.69. The lowest BCUT2D eigenvalue weighted by atomic mass is 10.1. The Morgan fingerprint density at radius 2 is 2.14 bits per heavy atom. The van der Waals surface area contributed by atoms with E-state index in [4.69, 9.17) is 0 Å². The van der Waals surface area contributed by atoms with Gasteiger partial charge in [0.15, 0.2) is 0 Å². The number of nitrogens with zero attached hydrogens (tertiary/aromatic N) is 1. The Bertz CT molecular complexity index is 739. The first-order valence-electron chi connectivity index (χ1n) is 7.14. The third kappa shape index (κ3) is 3.56. The molecule has 8 heteroatoms. The van der Waals surface area contributed by atoms with Crippen molar-refractivity contribution in [3.05, 3.63) is 33.2 Å². The fourth-order valence-electron chi connectivity index (χ4n) is 2.79. The van der Waals surface area contributed by atoms with Gasteiger partial charge in [-0.2, -0.15) is 4.31 Å². The average molecular weight is 327 g/mol. The van der Waals surface area contributed by atoms with E-state index in [-0.39, 0.29) is 18.0 Å². The minimum atomic E-state index is -3.40. The van der Waals surface area contributed by atoms with Crippen LogP contribution in [-0.2, 0) is 21.4 Å². The number of rotatable bonds is 4. The van der Waals surface area contributed by atoms with Gasteiger partial charge in [-0.25, -0.2) is 8.42 Å². The molecule has 1 atom stereocenters. The largest absolute Gasteiger partial charge is 0.350 e. The number of hydrogen-bond donors (Lipinski definition) is 2. The van der Waals surface area contributed by atoms with Crippen LogP contribution in [0.3, 0.4) is 0 Å². The van der Waals surface area contributed by atoms with Crippen LogP contribution in [-0.4, -0.2) is 42.5 Å². The van der Waals surface area contributed by atoms with Crippen LogP contribution < -0.4 is 10.9 Å². The van der Waals surface area contributed by atoms with Gasteiger partial charge in [-0.1, -0.05) is 0 Å². The lowest BCUT2D eigenvalue weighted by Crippen LogP contribution is -2.45. The SMILES string of the molecule is Cc1cc(C)c(CNC(=O)[C@H]2CCCN2S(C)(=O)=O)c(=O)[nH]1. The van der Waals surface area contributed by atoms with Crippen LogP contribution in [0.1, 0.15) is 29.7 Å². The molecule has 1 aromatic rings. The van der Waals surface area contributed by atoms with Gasteiger partial charge < -0.3 is 10.3 Å². The number of hydrogen-bond acceptors (Lipinski definition) is 4. The summed E-state index contributed by atoms with van der Waals surface area (Å²) in [5.41, 5.74) is 1.82.